The zero-order chi connectivity index (χ0) is 12.0. The number of nitrogens with zero attached hydrogens (tertiary/aromatic N) is 1. The van der Waals surface area contributed by atoms with E-state index in [-0.39, 0.29) is 5.71 Å². The molecule has 0 amide bonds. The first-order valence-electron chi connectivity index (χ1n) is 4.06. The Labute approximate surface area is 86.7 Å². The van der Waals surface area contributed by atoms with Crippen LogP contribution in [0.3, 0.4) is 0 Å². The van der Waals surface area contributed by atoms with Crippen LogP contribution >= 0.6 is 0 Å². The Morgan fingerprint density at radius 1 is 1.60 bits per heavy atom. The monoisotopic (exact) mass is 216 g/mol. The molecule has 15 heavy (non-hydrogen) atoms. The zero-order valence-corrected chi connectivity index (χ0v) is 8.49. The predicted molar refractivity (Wildman–Crippen MR) is 54.2 cm³/mol. The molecule has 0 spiro atoms. The summed E-state index contributed by atoms with van der Waals surface area (Å²) in [6.07, 6.45) is 1.15. The van der Waals surface area contributed by atoms with Crippen LogP contribution in [0.5, 0.6) is 0 Å². The molecule has 0 saturated carbocycles. The number of halogens is 1. The van der Waals surface area contributed by atoms with E-state index in [1.807, 2.05) is 0 Å². The Hall–Kier alpha value is -1.53. The van der Waals surface area contributed by atoms with E-state index in [9.17, 15) is 4.39 Å². The van der Waals surface area contributed by atoms with E-state index >= 15 is 0 Å². The molecule has 0 aliphatic rings. The summed E-state index contributed by atoms with van der Waals surface area (Å²) >= 11 is 0. The van der Waals surface area contributed by atoms with Crippen LogP contribution in [-0.4, -0.2) is 28.4 Å². The lowest BCUT2D eigenvalue weighted by Gasteiger charge is -2.06. The molecule has 0 bridgehead atoms. The SMILES string of the molecule is C=C(C)C(=N\C(=N)OC(O)O)/C(F)=C\C. The van der Waals surface area contributed by atoms with Crippen LogP contribution in [0.2, 0.25) is 0 Å². The van der Waals surface area contributed by atoms with Gasteiger partial charge in [-0.3, -0.25) is 0 Å². The highest BCUT2D eigenvalue weighted by Crippen LogP contribution is 2.08. The van der Waals surface area contributed by atoms with Gasteiger partial charge in [0.05, 0.1) is 0 Å². The maximum absolute atomic E-state index is 13.1. The minimum absolute atomic E-state index is 0.164. The van der Waals surface area contributed by atoms with Crippen molar-refractivity contribution >= 4 is 11.7 Å². The molecule has 84 valence electrons. The largest absolute Gasteiger partial charge is 0.409 e. The van der Waals surface area contributed by atoms with Crippen molar-refractivity contribution in [2.24, 2.45) is 4.99 Å². The zero-order valence-electron chi connectivity index (χ0n) is 8.49. The first kappa shape index (κ1) is 13.5. The van der Waals surface area contributed by atoms with Gasteiger partial charge in [-0.2, -0.15) is 4.99 Å². The quantitative estimate of drug-likeness (QED) is 0.375. The molecule has 0 unspecified atom stereocenters. The summed E-state index contributed by atoms with van der Waals surface area (Å²) in [7, 11) is 0. The second kappa shape index (κ2) is 6.05. The van der Waals surface area contributed by atoms with Gasteiger partial charge in [0.25, 0.3) is 0 Å². The molecule has 0 aromatic heterocycles. The molecule has 0 aromatic rings. The third-order valence-corrected chi connectivity index (χ3v) is 1.31. The Morgan fingerprint density at radius 3 is 2.47 bits per heavy atom. The van der Waals surface area contributed by atoms with Crippen molar-refractivity contribution in [2.45, 2.75) is 20.3 Å². The van der Waals surface area contributed by atoms with Gasteiger partial charge in [0.1, 0.15) is 11.5 Å². The van der Waals surface area contributed by atoms with Crippen LogP contribution in [0.15, 0.2) is 29.0 Å². The summed E-state index contributed by atoms with van der Waals surface area (Å²) in [4.78, 5) is 3.40. The van der Waals surface area contributed by atoms with Gasteiger partial charge in [0, 0.05) is 0 Å². The Kier molecular flexibility index (Phi) is 5.43. The summed E-state index contributed by atoms with van der Waals surface area (Å²) in [6.45, 7) is 4.28. The molecule has 0 atom stereocenters. The molecule has 0 fully saturated rings. The van der Waals surface area contributed by atoms with E-state index in [1.54, 1.807) is 0 Å². The fourth-order valence-electron chi connectivity index (χ4n) is 0.717. The first-order valence-corrected chi connectivity index (χ1v) is 4.06. The van der Waals surface area contributed by atoms with Gasteiger partial charge in [0.15, 0.2) is 0 Å². The number of hydrogen-bond acceptors (Lipinski definition) is 4. The molecule has 6 heteroatoms. The normalized spacial score (nSPS) is 12.9. The van der Waals surface area contributed by atoms with Gasteiger partial charge < -0.3 is 14.9 Å². The lowest BCUT2D eigenvalue weighted by molar-refractivity contribution is -0.188. The smallest absolute Gasteiger partial charge is 0.313 e. The van der Waals surface area contributed by atoms with Gasteiger partial charge in [-0.15, -0.1) is 0 Å². The predicted octanol–water partition coefficient (Wildman–Crippen LogP) is 1.10. The molecule has 0 aliphatic heterocycles. The minimum atomic E-state index is -2.15. The van der Waals surface area contributed by atoms with Crippen LogP contribution in [0, 0.1) is 5.41 Å². The number of amidine groups is 1. The minimum Gasteiger partial charge on any atom is -0.409 e. The van der Waals surface area contributed by atoms with Crippen LogP contribution in [0.4, 0.5) is 4.39 Å². The molecular formula is C9H13FN2O3. The number of rotatable bonds is 3. The summed E-state index contributed by atoms with van der Waals surface area (Å²) in [5.74, 6) is -0.664. The number of allylic oxidation sites excluding steroid dienone is 3. The molecular weight excluding hydrogens is 203 g/mol. The van der Waals surface area contributed by atoms with Crippen molar-refractivity contribution in [2.75, 3.05) is 0 Å². The average Bonchev–Trinajstić information content (AvgIpc) is 2.11. The van der Waals surface area contributed by atoms with Gasteiger partial charge in [-0.25, -0.2) is 9.80 Å². The van der Waals surface area contributed by atoms with E-state index in [1.165, 1.54) is 13.8 Å². The van der Waals surface area contributed by atoms with Gasteiger partial charge in [0.2, 0.25) is 0 Å². The lowest BCUT2D eigenvalue weighted by Crippen LogP contribution is -2.16. The summed E-state index contributed by atoms with van der Waals surface area (Å²) < 4.78 is 17.2. The van der Waals surface area contributed by atoms with Crippen LogP contribution in [-0.2, 0) is 4.74 Å². The van der Waals surface area contributed by atoms with Gasteiger partial charge in [-0.05, 0) is 25.5 Å². The lowest BCUT2D eigenvalue weighted by atomic mass is 10.2. The van der Waals surface area contributed by atoms with Crippen LogP contribution in [0.25, 0.3) is 0 Å². The van der Waals surface area contributed by atoms with E-state index in [0.29, 0.717) is 5.57 Å². The molecule has 0 heterocycles. The molecule has 0 radical (unpaired) electrons. The maximum Gasteiger partial charge on any atom is 0.313 e. The van der Waals surface area contributed by atoms with Crippen LogP contribution < -0.4 is 0 Å². The summed E-state index contributed by atoms with van der Waals surface area (Å²) in [5.41, 5.74) is 0.134. The number of aliphatic hydroxyl groups excluding tert-OH is 1. The number of nitrogens with one attached hydrogen (secondary N) is 1. The molecule has 0 rings (SSSR count). The number of aliphatic imine (C=N–C) groups is 1. The van der Waals surface area contributed by atoms with Gasteiger partial charge >= 0.3 is 12.5 Å². The molecule has 5 nitrogen and oxygen atoms in total. The average molecular weight is 216 g/mol. The van der Waals surface area contributed by atoms with Crippen molar-refractivity contribution in [1.82, 2.24) is 0 Å². The first-order chi connectivity index (χ1) is 6.88. The Balaban J connectivity index is 4.86. The van der Waals surface area contributed by atoms with Crippen molar-refractivity contribution in [3.05, 3.63) is 24.1 Å². The van der Waals surface area contributed by atoms with Gasteiger partial charge in [-0.1, -0.05) is 6.58 Å². The maximum atomic E-state index is 13.1. The van der Waals surface area contributed by atoms with E-state index in [2.05, 4.69) is 16.3 Å². The van der Waals surface area contributed by atoms with E-state index in [0.717, 1.165) is 6.08 Å². The van der Waals surface area contributed by atoms with E-state index < -0.39 is 18.3 Å². The Bertz CT molecular complexity index is 321. The summed E-state index contributed by atoms with van der Waals surface area (Å²) in [6, 6.07) is -0.806. The molecule has 3 N–H and O–H groups in total. The number of ether oxygens (including phenoxy) is 1. The molecule has 0 aromatic carbocycles. The van der Waals surface area contributed by atoms with E-state index in [4.69, 9.17) is 15.6 Å². The Morgan fingerprint density at radius 2 is 2.13 bits per heavy atom. The third kappa shape index (κ3) is 5.04. The highest BCUT2D eigenvalue weighted by Gasteiger charge is 2.10. The van der Waals surface area contributed by atoms with Crippen molar-refractivity contribution in [1.29, 1.82) is 5.41 Å². The fraction of sp³-hybridized carbons (Fsp3) is 0.333. The topological polar surface area (TPSA) is 85.9 Å². The second-order valence-electron chi connectivity index (χ2n) is 2.63. The fourth-order valence-corrected chi connectivity index (χ4v) is 0.717. The number of hydrogen-bond donors (Lipinski definition) is 3. The molecule has 0 aliphatic carbocycles. The second-order valence-corrected chi connectivity index (χ2v) is 2.63. The van der Waals surface area contributed by atoms with Crippen molar-refractivity contribution in [3.8, 4) is 0 Å². The van der Waals surface area contributed by atoms with Crippen molar-refractivity contribution < 1.29 is 19.3 Å². The highest BCUT2D eigenvalue weighted by atomic mass is 19.1. The highest BCUT2D eigenvalue weighted by molar-refractivity contribution is 6.13. The van der Waals surface area contributed by atoms with Crippen LogP contribution in [0.1, 0.15) is 13.8 Å². The van der Waals surface area contributed by atoms with Crippen molar-refractivity contribution in [3.63, 3.8) is 0 Å². The third-order valence-electron chi connectivity index (χ3n) is 1.31. The standard InChI is InChI=1S/C9H13FN2O3/c1-4-6(10)7(5(2)3)12-8(11)15-9(13)14/h4,9,11,13-14H,2H2,1,3H3/b6-4+,11-8?,12-7+. The number of aliphatic hydroxyl groups is 2. The summed E-state index contributed by atoms with van der Waals surface area (Å²) in [5, 5.41) is 23.8. The molecule has 0 saturated heterocycles.